The summed E-state index contributed by atoms with van der Waals surface area (Å²) in [5.74, 6) is 0.518. The third kappa shape index (κ3) is 3.76. The van der Waals surface area contributed by atoms with Crippen LogP contribution in [0.25, 0.3) is 0 Å². The second-order valence-corrected chi connectivity index (χ2v) is 6.26. The molecule has 0 bridgehead atoms. The Kier molecular flexibility index (Phi) is 4.85. The van der Waals surface area contributed by atoms with Gasteiger partial charge in [-0.3, -0.25) is 9.59 Å². The molecule has 1 amide bonds. The molecule has 1 aliphatic rings. The average Bonchev–Trinajstić information content (AvgIpc) is 2.54. The van der Waals surface area contributed by atoms with Crippen LogP contribution in [0.3, 0.4) is 0 Å². The first-order valence-corrected chi connectivity index (χ1v) is 8.12. The molecule has 6 nitrogen and oxygen atoms in total. The van der Waals surface area contributed by atoms with Crippen molar-refractivity contribution in [2.24, 2.45) is 0 Å². The zero-order valence-corrected chi connectivity index (χ0v) is 14.0. The Bertz CT molecular complexity index is 819. The summed E-state index contributed by atoms with van der Waals surface area (Å²) in [7, 11) is 1.55. The summed E-state index contributed by atoms with van der Waals surface area (Å²) in [4.78, 5) is 23.6. The molecule has 0 spiro atoms. The Morgan fingerprint density at radius 1 is 1.46 bits per heavy atom. The van der Waals surface area contributed by atoms with Crippen molar-refractivity contribution in [3.8, 4) is 5.75 Å². The fourth-order valence-corrected chi connectivity index (χ4v) is 3.23. The molecule has 0 saturated carbocycles. The van der Waals surface area contributed by atoms with Crippen molar-refractivity contribution in [3.05, 3.63) is 56.5 Å². The second kappa shape index (κ2) is 7.05. The fourth-order valence-electron chi connectivity index (χ4n) is 2.95. The van der Waals surface area contributed by atoms with Gasteiger partial charge < -0.3 is 10.1 Å². The number of rotatable bonds is 4. The first-order valence-electron chi connectivity index (χ1n) is 7.74. The summed E-state index contributed by atoms with van der Waals surface area (Å²) in [5.41, 5.74) is 2.42. The Labute approximate surface area is 144 Å². The van der Waals surface area contributed by atoms with Crippen LogP contribution in [0.2, 0.25) is 5.02 Å². The molecular formula is C17H18ClN3O3. The van der Waals surface area contributed by atoms with Gasteiger partial charge in [-0.1, -0.05) is 17.7 Å². The zero-order valence-electron chi connectivity index (χ0n) is 13.3. The van der Waals surface area contributed by atoms with Crippen LogP contribution < -0.4 is 15.6 Å². The van der Waals surface area contributed by atoms with Gasteiger partial charge in [0.05, 0.1) is 24.2 Å². The number of amides is 1. The lowest BCUT2D eigenvalue weighted by molar-refractivity contribution is -0.121. The summed E-state index contributed by atoms with van der Waals surface area (Å²) in [6.45, 7) is 0. The lowest BCUT2D eigenvalue weighted by Crippen LogP contribution is -2.40. The van der Waals surface area contributed by atoms with E-state index >= 15 is 0 Å². The lowest BCUT2D eigenvalue weighted by atomic mass is 9.92. The number of carbonyl (C=O) groups excluding carboxylic acids is 1. The highest BCUT2D eigenvalue weighted by Crippen LogP contribution is 2.25. The predicted octanol–water partition coefficient (Wildman–Crippen LogP) is 1.65. The number of hydrogen-bond acceptors (Lipinski definition) is 4. The number of methoxy groups -OCH3 is 1. The first kappa shape index (κ1) is 16.5. The monoisotopic (exact) mass is 347 g/mol. The van der Waals surface area contributed by atoms with Crippen LogP contribution in [0.5, 0.6) is 5.75 Å². The molecular weight excluding hydrogens is 330 g/mol. The summed E-state index contributed by atoms with van der Waals surface area (Å²) in [5, 5.41) is 10.0. The van der Waals surface area contributed by atoms with Gasteiger partial charge in [-0.15, -0.1) is 0 Å². The molecule has 1 heterocycles. The van der Waals surface area contributed by atoms with Crippen LogP contribution in [0.4, 0.5) is 0 Å². The standard InChI is InChI=1S/C17H18ClN3O3/c1-24-15-5-2-10(6-13(15)18)7-16(22)19-12-3-4-14-11(8-12)9-17(23)21-20-14/h2,5-6,9,12H,3-4,7-8H2,1H3,(H,19,22)(H,21,23)/t12-/m1/s1. The van der Waals surface area contributed by atoms with Crippen molar-refractivity contribution >= 4 is 17.5 Å². The van der Waals surface area contributed by atoms with Crippen molar-refractivity contribution in [2.45, 2.75) is 31.7 Å². The lowest BCUT2D eigenvalue weighted by Gasteiger charge is -2.24. The van der Waals surface area contributed by atoms with Gasteiger partial charge in [-0.05, 0) is 42.5 Å². The number of aryl methyl sites for hydroxylation is 1. The number of halogens is 1. The number of fused-ring (bicyclic) bond motifs is 1. The minimum atomic E-state index is -0.214. The maximum absolute atomic E-state index is 12.3. The van der Waals surface area contributed by atoms with E-state index in [-0.39, 0.29) is 23.9 Å². The quantitative estimate of drug-likeness (QED) is 0.880. The van der Waals surface area contributed by atoms with Crippen molar-refractivity contribution in [1.29, 1.82) is 0 Å². The van der Waals surface area contributed by atoms with Gasteiger partial charge in [0.2, 0.25) is 5.91 Å². The molecule has 0 unspecified atom stereocenters. The van der Waals surface area contributed by atoms with Gasteiger partial charge in [0.15, 0.2) is 0 Å². The number of hydrogen-bond donors (Lipinski definition) is 2. The van der Waals surface area contributed by atoms with E-state index in [1.807, 2.05) is 6.07 Å². The Hall–Kier alpha value is -2.34. The molecule has 0 aliphatic heterocycles. The van der Waals surface area contributed by atoms with E-state index in [0.717, 1.165) is 29.7 Å². The van der Waals surface area contributed by atoms with Gasteiger partial charge in [0.25, 0.3) is 5.56 Å². The molecule has 24 heavy (non-hydrogen) atoms. The van der Waals surface area contributed by atoms with E-state index in [0.29, 0.717) is 17.2 Å². The largest absolute Gasteiger partial charge is 0.495 e. The van der Waals surface area contributed by atoms with Crippen molar-refractivity contribution in [1.82, 2.24) is 15.5 Å². The molecule has 3 rings (SSSR count). The van der Waals surface area contributed by atoms with Crippen LogP contribution in [0.1, 0.15) is 23.2 Å². The minimum Gasteiger partial charge on any atom is -0.495 e. The van der Waals surface area contributed by atoms with E-state index in [1.54, 1.807) is 25.3 Å². The molecule has 0 fully saturated rings. The topological polar surface area (TPSA) is 84.1 Å². The molecule has 1 aliphatic carbocycles. The highest BCUT2D eigenvalue weighted by atomic mass is 35.5. The summed E-state index contributed by atoms with van der Waals surface area (Å²) in [6.07, 6.45) is 2.43. The first-order chi connectivity index (χ1) is 11.5. The van der Waals surface area contributed by atoms with Gasteiger partial charge in [0, 0.05) is 12.1 Å². The van der Waals surface area contributed by atoms with E-state index in [2.05, 4.69) is 15.5 Å². The summed E-state index contributed by atoms with van der Waals surface area (Å²) in [6, 6.07) is 6.88. The highest BCUT2D eigenvalue weighted by molar-refractivity contribution is 6.32. The van der Waals surface area contributed by atoms with Gasteiger partial charge in [0.1, 0.15) is 5.75 Å². The molecule has 1 atom stereocenters. The maximum Gasteiger partial charge on any atom is 0.264 e. The molecule has 7 heteroatoms. The molecule has 0 radical (unpaired) electrons. The molecule has 2 aromatic rings. The zero-order chi connectivity index (χ0) is 17.1. The number of nitrogens with zero attached hydrogens (tertiary/aromatic N) is 1. The van der Waals surface area contributed by atoms with E-state index < -0.39 is 0 Å². The van der Waals surface area contributed by atoms with Crippen LogP contribution >= 0.6 is 11.6 Å². The van der Waals surface area contributed by atoms with Crippen LogP contribution in [-0.2, 0) is 24.1 Å². The number of ether oxygens (including phenoxy) is 1. The van der Waals surface area contributed by atoms with Gasteiger partial charge >= 0.3 is 0 Å². The van der Waals surface area contributed by atoms with Crippen LogP contribution in [0.15, 0.2) is 29.1 Å². The van der Waals surface area contributed by atoms with E-state index in [9.17, 15) is 9.59 Å². The molecule has 1 aromatic heterocycles. The van der Waals surface area contributed by atoms with Gasteiger partial charge in [-0.25, -0.2) is 5.10 Å². The van der Waals surface area contributed by atoms with Gasteiger partial charge in [-0.2, -0.15) is 5.10 Å². The Balaban J connectivity index is 1.61. The molecule has 0 saturated heterocycles. The van der Waals surface area contributed by atoms with Crippen molar-refractivity contribution in [2.75, 3.05) is 7.11 Å². The number of carbonyl (C=O) groups is 1. The Morgan fingerprint density at radius 3 is 3.04 bits per heavy atom. The predicted molar refractivity (Wildman–Crippen MR) is 90.5 cm³/mol. The second-order valence-electron chi connectivity index (χ2n) is 5.86. The van der Waals surface area contributed by atoms with Crippen LogP contribution in [0, 0.1) is 0 Å². The summed E-state index contributed by atoms with van der Waals surface area (Å²) < 4.78 is 5.10. The van der Waals surface area contributed by atoms with E-state index in [4.69, 9.17) is 16.3 Å². The number of H-pyrrole nitrogens is 1. The SMILES string of the molecule is COc1ccc(CC(=O)N[C@@H]2CCc3n[nH]c(=O)cc3C2)cc1Cl. The van der Waals surface area contributed by atoms with E-state index in [1.165, 1.54) is 0 Å². The third-order valence-electron chi connectivity index (χ3n) is 4.12. The Morgan fingerprint density at radius 2 is 2.29 bits per heavy atom. The third-order valence-corrected chi connectivity index (χ3v) is 4.41. The highest BCUT2D eigenvalue weighted by Gasteiger charge is 2.21. The smallest absolute Gasteiger partial charge is 0.264 e. The number of aromatic nitrogens is 2. The van der Waals surface area contributed by atoms with Crippen LogP contribution in [-0.4, -0.2) is 29.3 Å². The van der Waals surface area contributed by atoms with Crippen molar-refractivity contribution in [3.63, 3.8) is 0 Å². The minimum absolute atomic E-state index is 0.0160. The molecule has 126 valence electrons. The number of nitrogens with one attached hydrogen (secondary N) is 2. The normalized spacial score (nSPS) is 16.3. The molecule has 2 N–H and O–H groups in total. The average molecular weight is 348 g/mol. The number of aromatic amines is 1. The summed E-state index contributed by atoms with van der Waals surface area (Å²) >= 11 is 6.08. The molecule has 1 aromatic carbocycles. The van der Waals surface area contributed by atoms with Crippen molar-refractivity contribution < 1.29 is 9.53 Å². The fraction of sp³-hybridized carbons (Fsp3) is 0.353. The number of benzene rings is 1. The maximum atomic E-state index is 12.3.